The van der Waals surface area contributed by atoms with Gasteiger partial charge in [0.2, 0.25) is 0 Å². The number of methoxy groups -OCH3 is 1. The number of aromatic nitrogens is 1. The van der Waals surface area contributed by atoms with Crippen molar-refractivity contribution in [3.05, 3.63) is 144 Å². The molecular formula is C33H27NO3. The van der Waals surface area contributed by atoms with Crippen molar-refractivity contribution in [2.75, 3.05) is 7.11 Å². The van der Waals surface area contributed by atoms with Gasteiger partial charge in [-0.05, 0) is 41.0 Å². The molecule has 2 atom stereocenters. The van der Waals surface area contributed by atoms with Crippen molar-refractivity contribution >= 4 is 22.6 Å². The van der Waals surface area contributed by atoms with Crippen molar-refractivity contribution in [3.63, 3.8) is 0 Å². The molecule has 0 saturated heterocycles. The Morgan fingerprint density at radius 2 is 1.49 bits per heavy atom. The van der Waals surface area contributed by atoms with Crippen molar-refractivity contribution in [1.82, 2.24) is 4.57 Å². The van der Waals surface area contributed by atoms with Crippen molar-refractivity contribution in [3.8, 4) is 5.75 Å². The van der Waals surface area contributed by atoms with Crippen molar-refractivity contribution in [2.45, 2.75) is 18.4 Å². The second kappa shape index (κ2) is 9.82. The third kappa shape index (κ3) is 4.31. The zero-order valence-electron chi connectivity index (χ0n) is 20.6. The molecule has 0 amide bonds. The first-order valence-electron chi connectivity index (χ1n) is 12.5. The van der Waals surface area contributed by atoms with Gasteiger partial charge in [0.1, 0.15) is 18.3 Å². The molecule has 0 bridgehead atoms. The van der Waals surface area contributed by atoms with Gasteiger partial charge in [0.15, 0.2) is 0 Å². The molecule has 0 saturated carbocycles. The van der Waals surface area contributed by atoms with Crippen LogP contribution in [0.3, 0.4) is 0 Å². The van der Waals surface area contributed by atoms with Gasteiger partial charge >= 0.3 is 5.97 Å². The van der Waals surface area contributed by atoms with E-state index in [0.717, 1.165) is 44.7 Å². The number of esters is 1. The highest BCUT2D eigenvalue weighted by Crippen LogP contribution is 2.45. The molecule has 1 aliphatic rings. The maximum Gasteiger partial charge on any atom is 0.315 e. The molecule has 0 N–H and O–H groups in total. The fraction of sp³-hybridized carbons (Fsp3) is 0.121. The number of hydrogen-bond acceptors (Lipinski definition) is 3. The zero-order chi connectivity index (χ0) is 25.2. The van der Waals surface area contributed by atoms with Gasteiger partial charge in [-0.2, -0.15) is 0 Å². The smallest absolute Gasteiger partial charge is 0.315 e. The van der Waals surface area contributed by atoms with Gasteiger partial charge in [-0.1, -0.05) is 97.1 Å². The summed E-state index contributed by atoms with van der Waals surface area (Å²) in [5, 5.41) is 1.02. The van der Waals surface area contributed by atoms with Gasteiger partial charge in [-0.15, -0.1) is 0 Å². The third-order valence-corrected chi connectivity index (χ3v) is 7.02. The van der Waals surface area contributed by atoms with Gasteiger partial charge in [-0.3, -0.25) is 4.79 Å². The first-order chi connectivity index (χ1) is 18.2. The van der Waals surface area contributed by atoms with Crippen LogP contribution >= 0.6 is 0 Å². The van der Waals surface area contributed by atoms with E-state index in [1.165, 1.54) is 7.11 Å². The lowest BCUT2D eigenvalue weighted by atomic mass is 9.80. The number of rotatable bonds is 6. The highest BCUT2D eigenvalue weighted by molar-refractivity contribution is 5.93. The van der Waals surface area contributed by atoms with Gasteiger partial charge in [0.05, 0.1) is 12.6 Å². The predicted octanol–water partition coefficient (Wildman–Crippen LogP) is 7.16. The molecule has 4 aromatic carbocycles. The number of carbonyl (C=O) groups is 1. The lowest BCUT2D eigenvalue weighted by molar-refractivity contribution is -0.142. The molecule has 4 heteroatoms. The Balaban J connectivity index is 1.49. The highest BCUT2D eigenvalue weighted by atomic mass is 16.5. The molecule has 6 rings (SSSR count). The zero-order valence-corrected chi connectivity index (χ0v) is 20.6. The number of nitrogens with zero attached hydrogens (tertiary/aromatic N) is 1. The summed E-state index contributed by atoms with van der Waals surface area (Å²) in [5.74, 6) is -0.0870. The van der Waals surface area contributed by atoms with Crippen LogP contribution < -0.4 is 4.74 Å². The van der Waals surface area contributed by atoms with Crippen molar-refractivity contribution in [1.29, 1.82) is 0 Å². The molecule has 0 aliphatic carbocycles. The van der Waals surface area contributed by atoms with Crippen LogP contribution in [0.25, 0.3) is 16.6 Å². The standard InChI is InChI=1S/C33H27NO3/c1-36-33(35)32-28(24-13-7-3-8-14-24)21-30(25-15-9-4-10-16-25)34-29-18-17-27(19-26(29)20-31(32)34)37-22-23-11-5-2-6-12-23/h2-21,28,32H,22H2,1H3/t28-,32-/m0/s1. The van der Waals surface area contributed by atoms with Crippen LogP contribution in [0.4, 0.5) is 0 Å². The lowest BCUT2D eigenvalue weighted by Gasteiger charge is -2.31. The minimum Gasteiger partial charge on any atom is -0.489 e. The van der Waals surface area contributed by atoms with Crippen LogP contribution in [0.15, 0.2) is 121 Å². The molecule has 0 spiro atoms. The van der Waals surface area contributed by atoms with Crippen molar-refractivity contribution < 1.29 is 14.3 Å². The average molecular weight is 486 g/mol. The van der Waals surface area contributed by atoms with Gasteiger partial charge in [0, 0.05) is 22.7 Å². The van der Waals surface area contributed by atoms with E-state index in [4.69, 9.17) is 9.47 Å². The fourth-order valence-corrected chi connectivity index (χ4v) is 5.26. The fourth-order valence-electron chi connectivity index (χ4n) is 5.26. The van der Waals surface area contributed by atoms with Crippen LogP contribution in [-0.4, -0.2) is 17.6 Å². The number of allylic oxidation sites excluding steroid dienone is 1. The van der Waals surface area contributed by atoms with E-state index in [9.17, 15) is 4.79 Å². The number of benzene rings is 4. The normalized spacial score (nSPS) is 16.6. The Kier molecular flexibility index (Phi) is 6.07. The Hall–Kier alpha value is -4.57. The van der Waals surface area contributed by atoms with Gasteiger partial charge < -0.3 is 14.0 Å². The Morgan fingerprint density at radius 1 is 0.811 bits per heavy atom. The summed E-state index contributed by atoms with van der Waals surface area (Å²) in [5.41, 5.74) is 6.28. The summed E-state index contributed by atoms with van der Waals surface area (Å²) in [7, 11) is 1.46. The summed E-state index contributed by atoms with van der Waals surface area (Å²) in [6.07, 6.45) is 2.21. The number of hydrogen-bond donors (Lipinski definition) is 0. The Morgan fingerprint density at radius 3 is 2.19 bits per heavy atom. The largest absolute Gasteiger partial charge is 0.489 e. The maximum absolute atomic E-state index is 13.3. The van der Waals surface area contributed by atoms with Crippen LogP contribution in [0, 0.1) is 0 Å². The topological polar surface area (TPSA) is 40.5 Å². The quantitative estimate of drug-likeness (QED) is 0.240. The molecule has 1 aromatic heterocycles. The van der Waals surface area contributed by atoms with Crippen molar-refractivity contribution in [2.24, 2.45) is 0 Å². The van der Waals surface area contributed by atoms with Gasteiger partial charge in [-0.25, -0.2) is 0 Å². The Labute approximate surface area is 216 Å². The SMILES string of the molecule is COC(=O)[C@@H]1c2cc3cc(OCc4ccccc4)ccc3n2C(c2ccccc2)=C[C@H]1c1ccccc1. The average Bonchev–Trinajstić information content (AvgIpc) is 3.35. The second-order valence-corrected chi connectivity index (χ2v) is 9.25. The lowest BCUT2D eigenvalue weighted by Crippen LogP contribution is -2.27. The van der Waals surface area contributed by atoms with E-state index in [2.05, 4.69) is 65.2 Å². The summed E-state index contributed by atoms with van der Waals surface area (Å²) >= 11 is 0. The number of ether oxygens (including phenoxy) is 2. The maximum atomic E-state index is 13.3. The summed E-state index contributed by atoms with van der Waals surface area (Å²) in [4.78, 5) is 13.3. The van der Waals surface area contributed by atoms with Crippen LogP contribution in [0.5, 0.6) is 5.75 Å². The third-order valence-electron chi connectivity index (χ3n) is 7.02. The molecular weight excluding hydrogens is 458 g/mol. The highest BCUT2D eigenvalue weighted by Gasteiger charge is 2.38. The summed E-state index contributed by atoms with van der Waals surface area (Å²) < 4.78 is 13.7. The summed E-state index contributed by atoms with van der Waals surface area (Å²) in [6, 6.07) is 38.9. The summed E-state index contributed by atoms with van der Waals surface area (Å²) in [6.45, 7) is 0.496. The molecule has 182 valence electrons. The molecule has 0 unspecified atom stereocenters. The van der Waals surface area contributed by atoms with Crippen LogP contribution in [0.2, 0.25) is 0 Å². The van der Waals surface area contributed by atoms with E-state index in [1.54, 1.807) is 0 Å². The van der Waals surface area contributed by atoms with E-state index < -0.39 is 5.92 Å². The van der Waals surface area contributed by atoms with E-state index in [0.29, 0.717) is 6.61 Å². The van der Waals surface area contributed by atoms with E-state index in [1.807, 2.05) is 60.7 Å². The van der Waals surface area contributed by atoms with Gasteiger partial charge in [0.25, 0.3) is 0 Å². The first-order valence-corrected chi connectivity index (χ1v) is 12.5. The minimum atomic E-state index is -0.471. The molecule has 0 fully saturated rings. The van der Waals surface area contributed by atoms with Crippen LogP contribution in [0.1, 0.15) is 34.2 Å². The number of fused-ring (bicyclic) bond motifs is 3. The monoisotopic (exact) mass is 485 g/mol. The van der Waals surface area contributed by atoms with E-state index >= 15 is 0 Å². The molecule has 37 heavy (non-hydrogen) atoms. The minimum absolute atomic E-state index is 0.158. The molecule has 1 aliphatic heterocycles. The van der Waals surface area contributed by atoms with Crippen LogP contribution in [-0.2, 0) is 16.1 Å². The van der Waals surface area contributed by atoms with E-state index in [-0.39, 0.29) is 11.9 Å². The number of carbonyl (C=O) groups excluding carboxylic acids is 1. The second-order valence-electron chi connectivity index (χ2n) is 9.25. The molecule has 5 aromatic rings. The molecule has 0 radical (unpaired) electrons. The first kappa shape index (κ1) is 22.9. The Bertz CT molecular complexity index is 1570. The predicted molar refractivity (Wildman–Crippen MR) is 146 cm³/mol. The molecule has 4 nitrogen and oxygen atoms in total. The molecule has 2 heterocycles.